The number of nitrogens with one attached hydrogen (secondary N) is 2. The maximum Gasteiger partial charge on any atom is 0.311 e. The van der Waals surface area contributed by atoms with Gasteiger partial charge in [0.25, 0.3) is 10.0 Å². The Labute approximate surface area is 219 Å². The van der Waals surface area contributed by atoms with Crippen molar-refractivity contribution in [2.75, 3.05) is 29.4 Å². The average molecular weight is 557 g/mol. The zero-order chi connectivity index (χ0) is 27.4. The Morgan fingerprint density at radius 3 is 2.59 bits per heavy atom. The fourth-order valence-electron chi connectivity index (χ4n) is 4.69. The van der Waals surface area contributed by atoms with E-state index in [4.69, 9.17) is 4.74 Å². The van der Waals surface area contributed by atoms with Crippen LogP contribution in [0.4, 0.5) is 11.4 Å². The number of hydrogen-bond donors (Lipinski definition) is 2. The molecule has 1 heterocycles. The molecule has 0 radical (unpaired) electrons. The molecule has 1 aliphatic carbocycles. The van der Waals surface area contributed by atoms with Crippen molar-refractivity contribution >= 4 is 49.1 Å². The van der Waals surface area contributed by atoms with E-state index in [0.29, 0.717) is 25.3 Å². The van der Waals surface area contributed by atoms with Crippen LogP contribution in [0.2, 0.25) is 0 Å². The quantitative estimate of drug-likeness (QED) is 0.418. The second-order valence-electron chi connectivity index (χ2n) is 9.88. The first-order valence-electron chi connectivity index (χ1n) is 12.5. The molecule has 3 rings (SSSR count). The van der Waals surface area contributed by atoms with Crippen molar-refractivity contribution < 1.29 is 31.2 Å². The summed E-state index contributed by atoms with van der Waals surface area (Å²) in [6.07, 6.45) is 4.48. The van der Waals surface area contributed by atoms with Crippen LogP contribution in [0.15, 0.2) is 27.5 Å². The Hall–Kier alpha value is -2.67. The Morgan fingerprint density at radius 1 is 1.24 bits per heavy atom. The van der Waals surface area contributed by atoms with Gasteiger partial charge in [-0.15, -0.1) is 4.40 Å². The smallest absolute Gasteiger partial charge is 0.311 e. The highest BCUT2D eigenvalue weighted by molar-refractivity contribution is 7.92. The van der Waals surface area contributed by atoms with Crippen molar-refractivity contribution in [2.24, 2.45) is 16.2 Å². The molecule has 37 heavy (non-hydrogen) atoms. The van der Waals surface area contributed by atoms with Crippen molar-refractivity contribution in [3.8, 4) is 0 Å². The average Bonchev–Trinajstić information content (AvgIpc) is 2.78. The molecule has 2 N–H and O–H groups in total. The first-order chi connectivity index (χ1) is 17.3. The minimum absolute atomic E-state index is 0.0284. The molecule has 2 atom stereocenters. The van der Waals surface area contributed by atoms with Crippen molar-refractivity contribution in [1.82, 2.24) is 4.90 Å². The number of hydrogen-bond acceptors (Lipinski definition) is 8. The molecule has 2 aliphatic rings. The predicted molar refractivity (Wildman–Crippen MR) is 141 cm³/mol. The van der Waals surface area contributed by atoms with Gasteiger partial charge in [0, 0.05) is 18.3 Å². The molecule has 1 amide bonds. The normalized spacial score (nSPS) is 20.8. The number of esters is 1. The fraction of sp³-hybridized carbons (Fsp3) is 0.625. The lowest BCUT2D eigenvalue weighted by Crippen LogP contribution is -2.50. The zero-order valence-corrected chi connectivity index (χ0v) is 23.3. The molecule has 2 unspecified atom stereocenters. The summed E-state index contributed by atoms with van der Waals surface area (Å²) in [6.45, 7) is 6.56. The number of carbonyl (C=O) groups is 2. The molecule has 0 aromatic heterocycles. The maximum atomic E-state index is 13.6. The van der Waals surface area contributed by atoms with E-state index in [-0.39, 0.29) is 53.1 Å². The fourth-order valence-corrected chi connectivity index (χ4v) is 6.42. The standard InChI is InChI=1S/C24H36N4O7S2/c1-5-35-24(30)18-8-6-7-9-20(18)28(13-12-16(2)3)23(29)15-22-25-19-11-10-17(26-36(4,31)32)14-21(19)37(33,34)27-22/h10-11,14,16,18,20,26H,5-9,12-13,15H2,1-4H3,(H,25,27). The Morgan fingerprint density at radius 2 is 1.95 bits per heavy atom. The molecule has 0 spiro atoms. The third-order valence-corrected chi connectivity index (χ3v) is 8.34. The van der Waals surface area contributed by atoms with Crippen LogP contribution in [0.5, 0.6) is 0 Å². The van der Waals surface area contributed by atoms with Gasteiger partial charge in [0.2, 0.25) is 15.9 Å². The Kier molecular flexibility index (Phi) is 9.22. The van der Waals surface area contributed by atoms with Crippen LogP contribution in [-0.4, -0.2) is 64.9 Å². The van der Waals surface area contributed by atoms with Gasteiger partial charge in [0.1, 0.15) is 10.7 Å². The van der Waals surface area contributed by atoms with Gasteiger partial charge < -0.3 is 15.0 Å². The summed E-state index contributed by atoms with van der Waals surface area (Å²) in [5, 5.41) is 2.90. The SMILES string of the molecule is CCOC(=O)C1CCCCC1N(CCC(C)C)C(=O)CC1=NS(=O)(=O)c2cc(NS(C)(=O)=O)ccc2N1. The number of benzene rings is 1. The second-order valence-corrected chi connectivity index (χ2v) is 13.2. The highest BCUT2D eigenvalue weighted by Crippen LogP contribution is 2.33. The largest absolute Gasteiger partial charge is 0.466 e. The summed E-state index contributed by atoms with van der Waals surface area (Å²) in [5.41, 5.74) is 0.288. The van der Waals surface area contributed by atoms with Crippen LogP contribution in [0.3, 0.4) is 0 Å². The van der Waals surface area contributed by atoms with Crippen molar-refractivity contribution in [1.29, 1.82) is 0 Å². The van der Waals surface area contributed by atoms with Crippen molar-refractivity contribution in [3.05, 3.63) is 18.2 Å². The molecule has 1 aromatic carbocycles. The summed E-state index contributed by atoms with van der Waals surface area (Å²) < 4.78 is 60.2. The number of rotatable bonds is 10. The predicted octanol–water partition coefficient (Wildman–Crippen LogP) is 2.96. The second kappa shape index (κ2) is 11.8. The number of anilines is 2. The lowest BCUT2D eigenvalue weighted by Gasteiger charge is -2.39. The van der Waals surface area contributed by atoms with Crippen LogP contribution >= 0.6 is 0 Å². The number of fused-ring (bicyclic) bond motifs is 1. The lowest BCUT2D eigenvalue weighted by molar-refractivity contribution is -0.153. The summed E-state index contributed by atoms with van der Waals surface area (Å²) in [6, 6.07) is 3.71. The molecular weight excluding hydrogens is 520 g/mol. The number of amidine groups is 1. The minimum Gasteiger partial charge on any atom is -0.466 e. The number of nitrogens with zero attached hydrogens (tertiary/aromatic N) is 2. The van der Waals surface area contributed by atoms with E-state index in [1.807, 2.05) is 0 Å². The van der Waals surface area contributed by atoms with Gasteiger partial charge in [-0.2, -0.15) is 8.42 Å². The van der Waals surface area contributed by atoms with E-state index < -0.39 is 26.0 Å². The number of ether oxygens (including phenoxy) is 1. The van der Waals surface area contributed by atoms with E-state index >= 15 is 0 Å². The van der Waals surface area contributed by atoms with Gasteiger partial charge in [0.05, 0.1) is 30.9 Å². The highest BCUT2D eigenvalue weighted by atomic mass is 32.2. The maximum absolute atomic E-state index is 13.6. The molecule has 13 heteroatoms. The summed E-state index contributed by atoms with van der Waals surface area (Å²) >= 11 is 0. The van der Waals surface area contributed by atoms with E-state index in [2.05, 4.69) is 28.3 Å². The summed E-state index contributed by atoms with van der Waals surface area (Å²) in [7, 11) is -7.78. The van der Waals surface area contributed by atoms with Crippen LogP contribution in [0.1, 0.15) is 59.3 Å². The molecule has 0 saturated heterocycles. The van der Waals surface area contributed by atoms with E-state index in [9.17, 15) is 26.4 Å². The van der Waals surface area contributed by atoms with Gasteiger partial charge >= 0.3 is 5.97 Å². The monoisotopic (exact) mass is 556 g/mol. The van der Waals surface area contributed by atoms with Crippen LogP contribution < -0.4 is 10.0 Å². The minimum atomic E-state index is -4.18. The van der Waals surface area contributed by atoms with E-state index in [1.54, 1.807) is 11.8 Å². The van der Waals surface area contributed by atoms with Gasteiger partial charge in [-0.05, 0) is 50.3 Å². The van der Waals surface area contributed by atoms with Crippen LogP contribution in [0, 0.1) is 11.8 Å². The van der Waals surface area contributed by atoms with Crippen molar-refractivity contribution in [2.45, 2.75) is 70.2 Å². The molecule has 1 aliphatic heterocycles. The van der Waals surface area contributed by atoms with Crippen molar-refractivity contribution in [3.63, 3.8) is 0 Å². The molecule has 11 nitrogen and oxygen atoms in total. The number of amides is 1. The summed E-state index contributed by atoms with van der Waals surface area (Å²) in [5.74, 6) is -0.748. The Balaban J connectivity index is 1.85. The first-order valence-corrected chi connectivity index (χ1v) is 15.8. The number of sulfonamides is 2. The molecule has 1 saturated carbocycles. The van der Waals surface area contributed by atoms with Crippen LogP contribution in [-0.2, 0) is 34.4 Å². The molecular formula is C24H36N4O7S2. The molecule has 1 fully saturated rings. The third-order valence-electron chi connectivity index (χ3n) is 6.38. The first kappa shape index (κ1) is 28.9. The van der Waals surface area contributed by atoms with Gasteiger partial charge in [-0.25, -0.2) is 8.42 Å². The lowest BCUT2D eigenvalue weighted by atomic mass is 9.83. The highest BCUT2D eigenvalue weighted by Gasteiger charge is 2.38. The number of carbonyl (C=O) groups excluding carboxylic acids is 2. The topological polar surface area (TPSA) is 151 Å². The molecule has 0 bridgehead atoms. The Bertz CT molecular complexity index is 1260. The van der Waals surface area contributed by atoms with Gasteiger partial charge in [0.15, 0.2) is 0 Å². The van der Waals surface area contributed by atoms with E-state index in [0.717, 1.165) is 25.5 Å². The molecule has 1 aromatic rings. The third kappa shape index (κ3) is 7.67. The van der Waals surface area contributed by atoms with Gasteiger partial charge in [-0.3, -0.25) is 14.3 Å². The van der Waals surface area contributed by atoms with Gasteiger partial charge in [-0.1, -0.05) is 26.7 Å². The van der Waals surface area contributed by atoms with Crippen LogP contribution in [0.25, 0.3) is 0 Å². The zero-order valence-electron chi connectivity index (χ0n) is 21.7. The molecule has 206 valence electrons. The van der Waals surface area contributed by atoms with E-state index in [1.165, 1.54) is 18.2 Å². The summed E-state index contributed by atoms with van der Waals surface area (Å²) in [4.78, 5) is 27.8.